The van der Waals surface area contributed by atoms with Crippen molar-refractivity contribution in [3.63, 3.8) is 0 Å². The normalized spacial score (nSPS) is 18.7. The number of aromatic nitrogens is 1. The van der Waals surface area contributed by atoms with E-state index in [-0.39, 0.29) is 16.8 Å². The van der Waals surface area contributed by atoms with Gasteiger partial charge in [-0.05, 0) is 31.7 Å². The molecule has 2 rings (SSSR count). The number of nitrogens with zero attached hydrogens (tertiary/aromatic N) is 1. The maximum Gasteiger partial charge on any atom is 0.254 e. The third-order valence-corrected chi connectivity index (χ3v) is 3.85. The van der Waals surface area contributed by atoms with E-state index < -0.39 is 0 Å². The fourth-order valence-electron chi connectivity index (χ4n) is 2.32. The monoisotopic (exact) mass is 268 g/mol. The lowest BCUT2D eigenvalue weighted by molar-refractivity contribution is 0.0690. The second kappa shape index (κ2) is 5.57. The van der Waals surface area contributed by atoms with E-state index in [1.165, 1.54) is 12.3 Å². The van der Waals surface area contributed by atoms with Gasteiger partial charge in [0, 0.05) is 36.3 Å². The highest BCUT2D eigenvalue weighted by molar-refractivity contribution is 6.20. The van der Waals surface area contributed by atoms with Crippen molar-refractivity contribution in [1.29, 1.82) is 0 Å². The molecule has 0 aliphatic carbocycles. The topological polar surface area (TPSA) is 53.2 Å². The van der Waals surface area contributed by atoms with Crippen LogP contribution in [0.25, 0.3) is 0 Å². The molecular formula is C13H17ClN2O2. The van der Waals surface area contributed by atoms with Crippen LogP contribution in [0.3, 0.4) is 0 Å². The van der Waals surface area contributed by atoms with E-state index in [4.69, 9.17) is 11.6 Å². The molecule has 0 bridgehead atoms. The van der Waals surface area contributed by atoms with Gasteiger partial charge in [0.25, 0.3) is 5.91 Å². The summed E-state index contributed by atoms with van der Waals surface area (Å²) >= 11 is 6.07. The smallest absolute Gasteiger partial charge is 0.254 e. The Bertz CT molecular complexity index is 476. The first kappa shape index (κ1) is 13.1. The number of likely N-dealkylation sites (tertiary alicyclic amines) is 1. The van der Waals surface area contributed by atoms with Crippen LogP contribution in [0.4, 0.5) is 0 Å². The quantitative estimate of drug-likeness (QED) is 0.833. The first-order valence-corrected chi connectivity index (χ1v) is 6.63. The Morgan fingerprint density at radius 1 is 1.50 bits per heavy atom. The molecule has 0 radical (unpaired) electrons. The Balaban J connectivity index is 2.02. The standard InChI is InChI=1S/C13H17ClN2O2/c1-9(14)10-3-6-16(7-4-10)13(18)11-2-5-15-12(17)8-11/h2,5,8-10H,3-4,6-7H2,1H3,(H,15,17). The molecule has 18 heavy (non-hydrogen) atoms. The van der Waals surface area contributed by atoms with Gasteiger partial charge in [-0.2, -0.15) is 0 Å². The summed E-state index contributed by atoms with van der Waals surface area (Å²) in [5, 5.41) is 0.154. The number of rotatable bonds is 2. The van der Waals surface area contributed by atoms with Crippen LogP contribution in [-0.4, -0.2) is 34.3 Å². The number of pyridine rings is 1. The lowest BCUT2D eigenvalue weighted by atomic mass is 9.93. The first-order chi connectivity index (χ1) is 8.58. The van der Waals surface area contributed by atoms with Gasteiger partial charge < -0.3 is 9.88 Å². The highest BCUT2D eigenvalue weighted by Crippen LogP contribution is 2.24. The molecule has 98 valence electrons. The minimum Gasteiger partial charge on any atom is -0.339 e. The maximum absolute atomic E-state index is 12.2. The Kier molecular flexibility index (Phi) is 4.07. The van der Waals surface area contributed by atoms with Gasteiger partial charge in [0.15, 0.2) is 0 Å². The van der Waals surface area contributed by atoms with Gasteiger partial charge >= 0.3 is 0 Å². The molecule has 1 aromatic rings. The number of nitrogens with one attached hydrogen (secondary N) is 1. The predicted octanol–water partition coefficient (Wildman–Crippen LogP) is 1.85. The molecule has 0 aromatic carbocycles. The fourth-order valence-corrected chi connectivity index (χ4v) is 2.57. The predicted molar refractivity (Wildman–Crippen MR) is 71.0 cm³/mol. The Morgan fingerprint density at radius 2 is 2.17 bits per heavy atom. The summed E-state index contributed by atoms with van der Waals surface area (Å²) in [5.74, 6) is 0.414. The molecule has 1 aliphatic rings. The summed E-state index contributed by atoms with van der Waals surface area (Å²) in [5.41, 5.74) is 0.209. The van der Waals surface area contributed by atoms with Gasteiger partial charge in [0.2, 0.25) is 5.56 Å². The number of aromatic amines is 1. The molecule has 1 N–H and O–H groups in total. The summed E-state index contributed by atoms with van der Waals surface area (Å²) in [6.07, 6.45) is 3.36. The number of alkyl halides is 1. The molecule has 1 saturated heterocycles. The van der Waals surface area contributed by atoms with E-state index in [1.54, 1.807) is 11.0 Å². The van der Waals surface area contributed by atoms with Crippen molar-refractivity contribution in [3.05, 3.63) is 34.2 Å². The molecule has 1 unspecified atom stereocenters. The molecule has 0 spiro atoms. The molecule has 1 amide bonds. The SMILES string of the molecule is CC(Cl)C1CCN(C(=O)c2cc[nH]c(=O)c2)CC1. The molecule has 4 nitrogen and oxygen atoms in total. The third-order valence-electron chi connectivity index (χ3n) is 3.50. The van der Waals surface area contributed by atoms with Gasteiger partial charge in [-0.1, -0.05) is 0 Å². The minimum atomic E-state index is -0.245. The number of piperidine rings is 1. The van der Waals surface area contributed by atoms with Gasteiger partial charge in [-0.15, -0.1) is 11.6 Å². The van der Waals surface area contributed by atoms with Crippen LogP contribution in [0.15, 0.2) is 23.1 Å². The van der Waals surface area contributed by atoms with E-state index in [0.29, 0.717) is 24.6 Å². The van der Waals surface area contributed by atoms with Crippen LogP contribution < -0.4 is 5.56 Å². The average Bonchev–Trinajstić information content (AvgIpc) is 2.38. The molecule has 1 atom stereocenters. The highest BCUT2D eigenvalue weighted by Gasteiger charge is 2.25. The van der Waals surface area contributed by atoms with E-state index in [2.05, 4.69) is 4.98 Å². The zero-order valence-corrected chi connectivity index (χ0v) is 11.1. The van der Waals surface area contributed by atoms with Gasteiger partial charge in [-0.3, -0.25) is 9.59 Å². The zero-order valence-electron chi connectivity index (χ0n) is 10.4. The molecule has 1 aliphatic heterocycles. The molecule has 5 heteroatoms. The third kappa shape index (κ3) is 2.93. The Morgan fingerprint density at radius 3 is 2.72 bits per heavy atom. The number of carbonyl (C=O) groups excluding carboxylic acids is 1. The van der Waals surface area contributed by atoms with Crippen molar-refractivity contribution >= 4 is 17.5 Å². The van der Waals surface area contributed by atoms with Crippen LogP contribution >= 0.6 is 11.6 Å². The number of halogens is 1. The van der Waals surface area contributed by atoms with Crippen molar-refractivity contribution < 1.29 is 4.79 Å². The second-order valence-corrected chi connectivity index (χ2v) is 5.44. The minimum absolute atomic E-state index is 0.0678. The number of hydrogen-bond acceptors (Lipinski definition) is 2. The largest absolute Gasteiger partial charge is 0.339 e. The highest BCUT2D eigenvalue weighted by atomic mass is 35.5. The van der Waals surface area contributed by atoms with Crippen molar-refractivity contribution in [3.8, 4) is 0 Å². The fraction of sp³-hybridized carbons (Fsp3) is 0.538. The number of H-pyrrole nitrogens is 1. The molecule has 2 heterocycles. The van der Waals surface area contributed by atoms with E-state index >= 15 is 0 Å². The van der Waals surface area contributed by atoms with Crippen molar-refractivity contribution in [2.75, 3.05) is 13.1 Å². The maximum atomic E-state index is 12.2. The van der Waals surface area contributed by atoms with Crippen molar-refractivity contribution in [2.24, 2.45) is 5.92 Å². The Hall–Kier alpha value is -1.29. The van der Waals surface area contributed by atoms with E-state index in [0.717, 1.165) is 12.8 Å². The van der Waals surface area contributed by atoms with Crippen LogP contribution in [-0.2, 0) is 0 Å². The van der Waals surface area contributed by atoms with Crippen LogP contribution in [0, 0.1) is 5.92 Å². The zero-order chi connectivity index (χ0) is 13.1. The molecule has 1 aromatic heterocycles. The Labute approximate surface area is 111 Å². The van der Waals surface area contributed by atoms with E-state index in [9.17, 15) is 9.59 Å². The average molecular weight is 269 g/mol. The first-order valence-electron chi connectivity index (χ1n) is 6.20. The molecule has 1 fully saturated rings. The van der Waals surface area contributed by atoms with Crippen LogP contribution in [0.2, 0.25) is 0 Å². The van der Waals surface area contributed by atoms with Gasteiger partial charge in [0.05, 0.1) is 0 Å². The van der Waals surface area contributed by atoms with Crippen molar-refractivity contribution in [1.82, 2.24) is 9.88 Å². The summed E-state index contributed by atoms with van der Waals surface area (Å²) < 4.78 is 0. The number of carbonyl (C=O) groups is 1. The molecular weight excluding hydrogens is 252 g/mol. The lowest BCUT2D eigenvalue weighted by Gasteiger charge is -2.33. The lowest BCUT2D eigenvalue weighted by Crippen LogP contribution is -2.40. The van der Waals surface area contributed by atoms with Gasteiger partial charge in [0.1, 0.15) is 0 Å². The summed E-state index contributed by atoms with van der Waals surface area (Å²) in [4.78, 5) is 27.6. The van der Waals surface area contributed by atoms with E-state index in [1.807, 2.05) is 6.92 Å². The summed E-state index contributed by atoms with van der Waals surface area (Å²) in [7, 11) is 0. The second-order valence-electron chi connectivity index (χ2n) is 4.75. The number of hydrogen-bond donors (Lipinski definition) is 1. The van der Waals surface area contributed by atoms with Gasteiger partial charge in [-0.25, -0.2) is 0 Å². The summed E-state index contributed by atoms with van der Waals surface area (Å²) in [6.45, 7) is 3.43. The van der Waals surface area contributed by atoms with Crippen LogP contribution in [0.1, 0.15) is 30.1 Å². The summed E-state index contributed by atoms with van der Waals surface area (Å²) in [6, 6.07) is 2.98. The number of amides is 1. The molecule has 0 saturated carbocycles. The van der Waals surface area contributed by atoms with Crippen molar-refractivity contribution in [2.45, 2.75) is 25.1 Å². The van der Waals surface area contributed by atoms with Crippen LogP contribution in [0.5, 0.6) is 0 Å².